The lowest BCUT2D eigenvalue weighted by molar-refractivity contribution is -0.118. The van der Waals surface area contributed by atoms with Gasteiger partial charge in [0.1, 0.15) is 0 Å². The first-order valence-corrected chi connectivity index (χ1v) is 7.08. The number of hydrogen-bond donors (Lipinski definition) is 4. The van der Waals surface area contributed by atoms with Crippen LogP contribution in [-0.2, 0) is 9.59 Å². The van der Waals surface area contributed by atoms with Crippen molar-refractivity contribution in [1.82, 2.24) is 0 Å². The smallest absolute Gasteiger partial charge is 0.239 e. The minimum absolute atomic E-state index is 0.243. The van der Waals surface area contributed by atoms with Gasteiger partial charge in [0.05, 0.1) is 20.9 Å². The Morgan fingerprint density at radius 2 is 1.15 bits per heavy atom. The van der Waals surface area contributed by atoms with Gasteiger partial charge >= 0.3 is 0 Å². The predicted molar refractivity (Wildman–Crippen MR) is 89.8 cm³/mol. The van der Waals surface area contributed by atoms with Gasteiger partial charge in [-0.1, -0.05) is 12.1 Å². The number of benzene rings is 1. The number of rotatable bonds is 4. The Morgan fingerprint density at radius 3 is 1.40 bits per heavy atom. The van der Waals surface area contributed by atoms with E-state index in [2.05, 4.69) is 35.9 Å². The highest BCUT2D eigenvalue weighted by Gasteiger charge is 2.25. The highest BCUT2D eigenvalue weighted by Crippen LogP contribution is 2.25. The third-order valence-electron chi connectivity index (χ3n) is 2.53. The summed E-state index contributed by atoms with van der Waals surface area (Å²) >= 11 is 8.44. The second-order valence-corrected chi connectivity index (χ2v) is 7.81. The Bertz CT molecular complexity index is 470. The largest absolute Gasteiger partial charge is 0.323 e. The number of para-hydroxylation sites is 2. The van der Waals surface area contributed by atoms with Crippen molar-refractivity contribution in [3.63, 3.8) is 0 Å². The van der Waals surface area contributed by atoms with Crippen LogP contribution in [0, 0.1) is 0 Å². The normalized spacial score (nSPS) is 11.9. The van der Waals surface area contributed by atoms with Crippen molar-refractivity contribution >= 4 is 48.4 Å². The van der Waals surface area contributed by atoms with Crippen molar-refractivity contribution in [3.05, 3.63) is 24.3 Å². The zero-order valence-corrected chi connectivity index (χ0v) is 13.8. The topological polar surface area (TPSA) is 58.2 Å². The third kappa shape index (κ3) is 4.76. The van der Waals surface area contributed by atoms with Crippen molar-refractivity contribution in [2.45, 2.75) is 37.2 Å². The summed E-state index contributed by atoms with van der Waals surface area (Å²) in [5.74, 6) is -0.486. The van der Waals surface area contributed by atoms with E-state index in [-0.39, 0.29) is 11.8 Å². The van der Waals surface area contributed by atoms with Crippen LogP contribution in [0.1, 0.15) is 27.7 Å². The molecule has 2 amide bonds. The summed E-state index contributed by atoms with van der Waals surface area (Å²) in [6.45, 7) is 6.79. The highest BCUT2D eigenvalue weighted by atomic mass is 32.1. The van der Waals surface area contributed by atoms with Gasteiger partial charge in [-0.25, -0.2) is 0 Å². The summed E-state index contributed by atoms with van der Waals surface area (Å²) in [5.41, 5.74) is 1.07. The molecule has 0 atom stereocenters. The van der Waals surface area contributed by atoms with Crippen LogP contribution >= 0.6 is 25.3 Å². The number of thiol groups is 2. The SMILES string of the molecule is CC(C)(S)C(=O)Nc1ccccc1NC(=O)C(C)(C)S. The van der Waals surface area contributed by atoms with E-state index in [4.69, 9.17) is 0 Å². The molecule has 0 bridgehead atoms. The minimum atomic E-state index is -0.806. The van der Waals surface area contributed by atoms with Crippen LogP contribution in [-0.4, -0.2) is 21.3 Å². The van der Waals surface area contributed by atoms with Crippen molar-refractivity contribution in [1.29, 1.82) is 0 Å². The maximum absolute atomic E-state index is 12.0. The van der Waals surface area contributed by atoms with Gasteiger partial charge in [0.2, 0.25) is 11.8 Å². The molecule has 0 aliphatic carbocycles. The van der Waals surface area contributed by atoms with E-state index in [0.717, 1.165) is 0 Å². The Labute approximate surface area is 130 Å². The quantitative estimate of drug-likeness (QED) is 0.646. The molecule has 0 fully saturated rings. The molecular formula is C14H20N2O2S2. The lowest BCUT2D eigenvalue weighted by Gasteiger charge is -2.21. The summed E-state index contributed by atoms with van der Waals surface area (Å²) in [6.07, 6.45) is 0. The first kappa shape index (κ1) is 16.9. The van der Waals surface area contributed by atoms with Gasteiger partial charge < -0.3 is 10.6 Å². The minimum Gasteiger partial charge on any atom is -0.323 e. The standard InChI is InChI=1S/C14H20N2O2S2/c1-13(2,19)11(17)15-9-7-5-6-8-10(9)16-12(18)14(3,4)20/h5-8,19-20H,1-4H3,(H,15,17)(H,16,18). The summed E-state index contributed by atoms with van der Waals surface area (Å²) in [7, 11) is 0. The van der Waals surface area contributed by atoms with Crippen molar-refractivity contribution in [3.8, 4) is 0 Å². The first-order valence-electron chi connectivity index (χ1n) is 6.18. The van der Waals surface area contributed by atoms with Crippen LogP contribution in [0.3, 0.4) is 0 Å². The average Bonchev–Trinajstić information content (AvgIpc) is 2.29. The average molecular weight is 312 g/mol. The number of hydrogen-bond acceptors (Lipinski definition) is 4. The highest BCUT2D eigenvalue weighted by molar-refractivity contribution is 7.82. The number of anilines is 2. The Morgan fingerprint density at radius 1 is 0.850 bits per heavy atom. The number of carbonyl (C=O) groups excluding carboxylic acids is 2. The van der Waals surface area contributed by atoms with Gasteiger partial charge in [-0.2, -0.15) is 25.3 Å². The first-order chi connectivity index (χ1) is 9.01. The van der Waals surface area contributed by atoms with E-state index in [0.29, 0.717) is 11.4 Å². The zero-order chi connectivity index (χ0) is 15.6. The lowest BCUT2D eigenvalue weighted by Crippen LogP contribution is -2.34. The third-order valence-corrected chi connectivity index (χ3v) is 2.94. The van der Waals surface area contributed by atoms with E-state index in [1.807, 2.05) is 0 Å². The van der Waals surface area contributed by atoms with Gasteiger partial charge in [-0.15, -0.1) is 0 Å². The van der Waals surface area contributed by atoms with Gasteiger partial charge in [0.15, 0.2) is 0 Å². The summed E-state index contributed by atoms with van der Waals surface area (Å²) in [6, 6.07) is 7.00. The molecule has 1 aromatic carbocycles. The van der Waals surface area contributed by atoms with Crippen molar-refractivity contribution in [2.75, 3.05) is 10.6 Å². The van der Waals surface area contributed by atoms with Crippen LogP contribution in [0.5, 0.6) is 0 Å². The number of amides is 2. The number of carbonyl (C=O) groups is 2. The van der Waals surface area contributed by atoms with Crippen LogP contribution in [0.15, 0.2) is 24.3 Å². The van der Waals surface area contributed by atoms with E-state index in [1.54, 1.807) is 52.0 Å². The molecule has 0 unspecified atom stereocenters. The molecule has 0 aromatic heterocycles. The molecule has 0 saturated heterocycles. The molecule has 1 aromatic rings. The van der Waals surface area contributed by atoms with Gasteiger partial charge in [0, 0.05) is 0 Å². The van der Waals surface area contributed by atoms with Crippen molar-refractivity contribution < 1.29 is 9.59 Å². The van der Waals surface area contributed by atoms with Crippen LogP contribution in [0.25, 0.3) is 0 Å². The molecule has 1 rings (SSSR count). The molecule has 0 spiro atoms. The Kier molecular flexibility index (Phi) is 5.15. The molecule has 110 valence electrons. The molecule has 0 aliphatic rings. The van der Waals surface area contributed by atoms with E-state index < -0.39 is 9.49 Å². The monoisotopic (exact) mass is 312 g/mol. The van der Waals surface area contributed by atoms with Gasteiger partial charge in [-0.05, 0) is 39.8 Å². The second-order valence-electron chi connectivity index (χ2n) is 5.57. The molecule has 20 heavy (non-hydrogen) atoms. The molecule has 0 radical (unpaired) electrons. The van der Waals surface area contributed by atoms with Gasteiger partial charge in [-0.3, -0.25) is 9.59 Å². The van der Waals surface area contributed by atoms with Crippen molar-refractivity contribution in [2.24, 2.45) is 0 Å². The molecule has 0 heterocycles. The molecule has 6 heteroatoms. The Balaban J connectivity index is 2.95. The van der Waals surface area contributed by atoms with Crippen LogP contribution in [0.4, 0.5) is 11.4 Å². The second kappa shape index (κ2) is 6.10. The molecule has 4 nitrogen and oxygen atoms in total. The van der Waals surface area contributed by atoms with E-state index >= 15 is 0 Å². The molecule has 2 N–H and O–H groups in total. The molecular weight excluding hydrogens is 292 g/mol. The lowest BCUT2D eigenvalue weighted by atomic mass is 10.1. The fraction of sp³-hybridized carbons (Fsp3) is 0.429. The molecule has 0 saturated carbocycles. The summed E-state index contributed by atoms with van der Waals surface area (Å²) in [4.78, 5) is 23.9. The van der Waals surface area contributed by atoms with E-state index in [9.17, 15) is 9.59 Å². The number of nitrogens with one attached hydrogen (secondary N) is 2. The van der Waals surface area contributed by atoms with Gasteiger partial charge in [0.25, 0.3) is 0 Å². The Hall–Kier alpha value is -1.14. The maximum Gasteiger partial charge on any atom is 0.239 e. The predicted octanol–water partition coefficient (Wildman–Crippen LogP) is 2.98. The van der Waals surface area contributed by atoms with Crippen LogP contribution < -0.4 is 10.6 Å². The van der Waals surface area contributed by atoms with E-state index in [1.165, 1.54) is 0 Å². The van der Waals surface area contributed by atoms with Crippen LogP contribution in [0.2, 0.25) is 0 Å². The maximum atomic E-state index is 12.0. The zero-order valence-electron chi connectivity index (χ0n) is 12.0. The fourth-order valence-electron chi connectivity index (χ4n) is 1.25. The summed E-state index contributed by atoms with van der Waals surface area (Å²) < 4.78 is -1.61. The summed E-state index contributed by atoms with van der Waals surface area (Å²) in [5, 5.41) is 5.50. The molecule has 0 aliphatic heterocycles. The fourth-order valence-corrected chi connectivity index (χ4v) is 1.36.